The van der Waals surface area contributed by atoms with Crippen LogP contribution in [0, 0.1) is 6.92 Å². The molecule has 2 N–H and O–H groups in total. The van der Waals surface area contributed by atoms with E-state index < -0.39 is 5.97 Å². The molecule has 0 spiro atoms. The molecular weight excluding hydrogens is 228 g/mol. The van der Waals surface area contributed by atoms with Gasteiger partial charge in [0.25, 0.3) is 0 Å². The Morgan fingerprint density at radius 3 is 2.61 bits per heavy atom. The first-order valence-electron chi connectivity index (χ1n) is 5.86. The van der Waals surface area contributed by atoms with E-state index in [9.17, 15) is 4.79 Å². The molecule has 18 heavy (non-hydrogen) atoms. The predicted molar refractivity (Wildman–Crippen MR) is 71.4 cm³/mol. The average molecular weight is 244 g/mol. The second kappa shape index (κ2) is 4.64. The average Bonchev–Trinajstić information content (AvgIpc) is 2.29. The highest BCUT2D eigenvalue weighted by Crippen LogP contribution is 2.24. The molecule has 2 aromatic rings. The van der Waals surface area contributed by atoms with Gasteiger partial charge < -0.3 is 10.5 Å². The van der Waals surface area contributed by atoms with Crippen LogP contribution in [0.4, 0.5) is 5.69 Å². The topological polar surface area (TPSA) is 65.2 Å². The van der Waals surface area contributed by atoms with Gasteiger partial charge in [0.2, 0.25) is 0 Å². The number of esters is 1. The van der Waals surface area contributed by atoms with E-state index in [2.05, 4.69) is 4.98 Å². The fourth-order valence-corrected chi connectivity index (χ4v) is 1.76. The molecule has 0 aliphatic heterocycles. The first kappa shape index (κ1) is 12.4. The minimum absolute atomic E-state index is 0.168. The SMILES string of the molecule is Cc1ccc2ccc(C(=O)OC(C)C)c(N)c2n1. The molecule has 1 aromatic carbocycles. The molecule has 0 radical (unpaired) electrons. The van der Waals surface area contributed by atoms with Crippen LogP contribution >= 0.6 is 0 Å². The van der Waals surface area contributed by atoms with Crippen LogP contribution < -0.4 is 5.73 Å². The van der Waals surface area contributed by atoms with E-state index in [4.69, 9.17) is 10.5 Å². The Morgan fingerprint density at radius 2 is 1.94 bits per heavy atom. The van der Waals surface area contributed by atoms with E-state index in [1.54, 1.807) is 19.9 Å². The monoisotopic (exact) mass is 244 g/mol. The van der Waals surface area contributed by atoms with Crippen LogP contribution in [0.25, 0.3) is 10.9 Å². The zero-order valence-electron chi connectivity index (χ0n) is 10.7. The Balaban J connectivity index is 2.53. The predicted octanol–water partition coefficient (Wildman–Crippen LogP) is 2.69. The van der Waals surface area contributed by atoms with E-state index in [0.717, 1.165) is 11.1 Å². The number of fused-ring (bicyclic) bond motifs is 1. The maximum Gasteiger partial charge on any atom is 0.340 e. The lowest BCUT2D eigenvalue weighted by Crippen LogP contribution is -2.13. The highest BCUT2D eigenvalue weighted by Gasteiger charge is 2.15. The van der Waals surface area contributed by atoms with Gasteiger partial charge in [-0.25, -0.2) is 4.79 Å². The van der Waals surface area contributed by atoms with E-state index >= 15 is 0 Å². The largest absolute Gasteiger partial charge is 0.459 e. The second-order valence-electron chi connectivity index (χ2n) is 4.51. The molecule has 0 bridgehead atoms. The normalized spacial score (nSPS) is 10.9. The Kier molecular flexibility index (Phi) is 3.19. The summed E-state index contributed by atoms with van der Waals surface area (Å²) in [4.78, 5) is 16.2. The van der Waals surface area contributed by atoms with Crippen LogP contribution in [0.1, 0.15) is 29.9 Å². The zero-order chi connectivity index (χ0) is 13.3. The number of pyridine rings is 1. The van der Waals surface area contributed by atoms with Crippen molar-refractivity contribution in [3.8, 4) is 0 Å². The van der Waals surface area contributed by atoms with Gasteiger partial charge in [-0.1, -0.05) is 12.1 Å². The van der Waals surface area contributed by atoms with Gasteiger partial charge in [-0.05, 0) is 32.9 Å². The minimum Gasteiger partial charge on any atom is -0.459 e. The fourth-order valence-electron chi connectivity index (χ4n) is 1.76. The number of nitrogen functional groups attached to an aromatic ring is 1. The molecule has 1 heterocycles. The van der Waals surface area contributed by atoms with Gasteiger partial charge in [0.05, 0.1) is 22.9 Å². The lowest BCUT2D eigenvalue weighted by molar-refractivity contribution is 0.0379. The van der Waals surface area contributed by atoms with Crippen molar-refractivity contribution in [1.29, 1.82) is 0 Å². The fraction of sp³-hybridized carbons (Fsp3) is 0.286. The van der Waals surface area contributed by atoms with Crippen LogP contribution in [0.2, 0.25) is 0 Å². The third kappa shape index (κ3) is 2.27. The molecule has 0 aliphatic carbocycles. The summed E-state index contributed by atoms with van der Waals surface area (Å²) in [6.45, 7) is 5.49. The molecule has 0 amide bonds. The van der Waals surface area contributed by atoms with Crippen LogP contribution in [0.15, 0.2) is 24.3 Å². The van der Waals surface area contributed by atoms with Crippen molar-refractivity contribution in [2.24, 2.45) is 0 Å². The first-order chi connectivity index (χ1) is 8.49. The third-order valence-corrected chi connectivity index (χ3v) is 2.60. The number of anilines is 1. The molecule has 4 nitrogen and oxygen atoms in total. The third-order valence-electron chi connectivity index (χ3n) is 2.60. The van der Waals surface area contributed by atoms with Gasteiger partial charge in [-0.15, -0.1) is 0 Å². The highest BCUT2D eigenvalue weighted by molar-refractivity contribution is 6.04. The lowest BCUT2D eigenvalue weighted by atomic mass is 10.1. The van der Waals surface area contributed by atoms with Gasteiger partial charge in [0.1, 0.15) is 0 Å². The molecule has 2 rings (SSSR count). The van der Waals surface area contributed by atoms with Crippen molar-refractivity contribution in [2.45, 2.75) is 26.9 Å². The number of nitrogens with two attached hydrogens (primary N) is 1. The summed E-state index contributed by atoms with van der Waals surface area (Å²) in [5.74, 6) is -0.410. The summed E-state index contributed by atoms with van der Waals surface area (Å²) in [7, 11) is 0. The van der Waals surface area contributed by atoms with Crippen LogP contribution in [-0.4, -0.2) is 17.1 Å². The summed E-state index contributed by atoms with van der Waals surface area (Å²) >= 11 is 0. The number of hydrogen-bond acceptors (Lipinski definition) is 4. The molecule has 0 saturated heterocycles. The van der Waals surface area contributed by atoms with Crippen LogP contribution in [0.5, 0.6) is 0 Å². The Morgan fingerprint density at radius 1 is 1.28 bits per heavy atom. The molecular formula is C14H16N2O2. The highest BCUT2D eigenvalue weighted by atomic mass is 16.5. The molecule has 1 aromatic heterocycles. The van der Waals surface area contributed by atoms with Crippen molar-refractivity contribution < 1.29 is 9.53 Å². The van der Waals surface area contributed by atoms with Crippen LogP contribution in [0.3, 0.4) is 0 Å². The maximum atomic E-state index is 11.9. The van der Waals surface area contributed by atoms with E-state index in [1.165, 1.54) is 0 Å². The molecule has 94 valence electrons. The van der Waals surface area contributed by atoms with E-state index in [1.807, 2.05) is 25.1 Å². The van der Waals surface area contributed by atoms with Crippen molar-refractivity contribution in [1.82, 2.24) is 4.98 Å². The number of benzene rings is 1. The number of ether oxygens (including phenoxy) is 1. The van der Waals surface area contributed by atoms with Gasteiger partial charge in [-0.2, -0.15) is 0 Å². The molecule has 0 aliphatic rings. The smallest absolute Gasteiger partial charge is 0.340 e. The van der Waals surface area contributed by atoms with Crippen molar-refractivity contribution in [2.75, 3.05) is 5.73 Å². The molecule has 0 atom stereocenters. The lowest BCUT2D eigenvalue weighted by Gasteiger charge is -2.11. The summed E-state index contributed by atoms with van der Waals surface area (Å²) < 4.78 is 5.15. The van der Waals surface area contributed by atoms with Crippen molar-refractivity contribution >= 4 is 22.6 Å². The van der Waals surface area contributed by atoms with Gasteiger partial charge in [0.15, 0.2) is 0 Å². The molecule has 0 fully saturated rings. The zero-order valence-corrected chi connectivity index (χ0v) is 10.7. The number of aromatic nitrogens is 1. The Bertz CT molecular complexity index is 606. The minimum atomic E-state index is -0.410. The number of carbonyl (C=O) groups is 1. The van der Waals surface area contributed by atoms with E-state index in [-0.39, 0.29) is 6.10 Å². The number of carbonyl (C=O) groups excluding carboxylic acids is 1. The number of hydrogen-bond donors (Lipinski definition) is 1. The first-order valence-corrected chi connectivity index (χ1v) is 5.86. The molecule has 0 saturated carbocycles. The summed E-state index contributed by atoms with van der Waals surface area (Å²) in [6.07, 6.45) is -0.168. The van der Waals surface area contributed by atoms with Crippen molar-refractivity contribution in [3.63, 3.8) is 0 Å². The van der Waals surface area contributed by atoms with E-state index in [0.29, 0.717) is 16.8 Å². The second-order valence-corrected chi connectivity index (χ2v) is 4.51. The quantitative estimate of drug-likeness (QED) is 0.651. The summed E-state index contributed by atoms with van der Waals surface area (Å²) in [5, 5.41) is 0.916. The molecule has 4 heteroatoms. The standard InChI is InChI=1S/C14H16N2O2/c1-8(2)18-14(17)11-7-6-10-5-4-9(3)16-13(10)12(11)15/h4-8H,15H2,1-3H3. The summed E-state index contributed by atoms with van der Waals surface area (Å²) in [6, 6.07) is 7.36. The van der Waals surface area contributed by atoms with Crippen molar-refractivity contribution in [3.05, 3.63) is 35.5 Å². The number of aryl methyl sites for hydroxylation is 1. The van der Waals surface area contributed by atoms with Gasteiger partial charge in [-0.3, -0.25) is 4.98 Å². The maximum absolute atomic E-state index is 11.9. The summed E-state index contributed by atoms with van der Waals surface area (Å²) in [5.41, 5.74) is 8.26. The number of nitrogens with zero attached hydrogens (tertiary/aromatic N) is 1. The molecule has 0 unspecified atom stereocenters. The Hall–Kier alpha value is -2.10. The van der Waals surface area contributed by atoms with Gasteiger partial charge in [0, 0.05) is 11.1 Å². The van der Waals surface area contributed by atoms with Gasteiger partial charge >= 0.3 is 5.97 Å². The number of rotatable bonds is 2. The van der Waals surface area contributed by atoms with Crippen LogP contribution in [-0.2, 0) is 4.74 Å². The Labute approximate surface area is 106 Å².